The summed E-state index contributed by atoms with van der Waals surface area (Å²) in [5.41, 5.74) is 7.35. The molecule has 0 radical (unpaired) electrons. The van der Waals surface area contributed by atoms with Crippen molar-refractivity contribution in [3.63, 3.8) is 0 Å². The van der Waals surface area contributed by atoms with Crippen molar-refractivity contribution < 1.29 is 24.3 Å². The summed E-state index contributed by atoms with van der Waals surface area (Å²) in [5, 5.41) is 38.4. The lowest BCUT2D eigenvalue weighted by Gasteiger charge is -2.31. The number of β-amino-alcohol motifs (C(OH)–C–C–N with tert-alkyl or cyclic N) is 1. The van der Waals surface area contributed by atoms with Gasteiger partial charge in [0.05, 0.1) is 27.9 Å². The Morgan fingerprint density at radius 3 is 2.52 bits per heavy atom. The molecule has 3 atom stereocenters. The number of hydrogen-bond donors (Lipinski definition) is 3. The summed E-state index contributed by atoms with van der Waals surface area (Å²) >= 11 is 3.28. The van der Waals surface area contributed by atoms with E-state index >= 15 is 0 Å². The molecule has 0 bridgehead atoms. The minimum absolute atomic E-state index is 0.0797. The first-order valence-corrected chi connectivity index (χ1v) is 20.8. The molecule has 4 aromatic heterocycles. The number of para-hydroxylation sites is 1. The van der Waals surface area contributed by atoms with E-state index in [2.05, 4.69) is 37.5 Å². The molecule has 0 spiro atoms. The van der Waals surface area contributed by atoms with Gasteiger partial charge in [-0.1, -0.05) is 55.4 Å². The summed E-state index contributed by atoms with van der Waals surface area (Å²) in [6.07, 6.45) is 1.21. The number of nitrogens with zero attached hydrogens (tertiary/aromatic N) is 6. The van der Waals surface area contributed by atoms with Crippen molar-refractivity contribution in [3.05, 3.63) is 93.6 Å². The van der Waals surface area contributed by atoms with Crippen LogP contribution in [0.25, 0.3) is 31.9 Å². The van der Waals surface area contributed by atoms with Crippen molar-refractivity contribution in [1.82, 2.24) is 30.6 Å². The molecular formula is C42H45N7O5S2. The fourth-order valence-corrected chi connectivity index (χ4v) is 10.2. The van der Waals surface area contributed by atoms with E-state index in [1.165, 1.54) is 15.3 Å². The van der Waals surface area contributed by atoms with Crippen molar-refractivity contribution in [2.24, 2.45) is 5.92 Å². The smallest absolute Gasteiger partial charge is 0.243 e. The summed E-state index contributed by atoms with van der Waals surface area (Å²) in [5.74, 6) is 0.333. The zero-order valence-corrected chi connectivity index (χ0v) is 33.4. The third kappa shape index (κ3) is 7.40. The number of piperidine rings is 1. The quantitative estimate of drug-likeness (QED) is 0.130. The van der Waals surface area contributed by atoms with E-state index < -0.39 is 18.1 Å². The lowest BCUT2D eigenvalue weighted by molar-refractivity contribution is -0.141. The van der Waals surface area contributed by atoms with Gasteiger partial charge in [-0.3, -0.25) is 9.59 Å². The summed E-state index contributed by atoms with van der Waals surface area (Å²) < 4.78 is 5.88. The van der Waals surface area contributed by atoms with Crippen molar-refractivity contribution in [2.45, 2.75) is 77.5 Å². The first kappa shape index (κ1) is 37.7. The highest BCUT2D eigenvalue weighted by Gasteiger charge is 2.43. The molecule has 6 aromatic rings. The Hall–Kier alpha value is -5.18. The molecule has 6 heterocycles. The molecule has 2 aromatic carbocycles. The van der Waals surface area contributed by atoms with E-state index in [9.17, 15) is 19.8 Å². The van der Waals surface area contributed by atoms with Crippen LogP contribution in [0.2, 0.25) is 0 Å². The number of thiazole rings is 1. The Kier molecular flexibility index (Phi) is 10.6. The standard InChI is InChI=1S/C42H45N7O5S2/c1-23(2)37(42(53)49-21-29(50)17-33(49)40(52)43-20-26-9-11-27(12-10-26)39-25(4)44-22-55-39)35-19-36(47-54-35)48-15-13-28(14-16-48)38-24(3)31-18-32(45-46-41(31)56-38)30-7-5-6-8-34(30)51/h5-12,18-19,22-23,28-29,33,37,50-51H,13-17,20-21H2,1-4H3,(H,43,52)/t29-,33+,37-/m1/s1. The highest BCUT2D eigenvalue weighted by molar-refractivity contribution is 7.19. The van der Waals surface area contributed by atoms with Crippen LogP contribution in [0.5, 0.6) is 5.75 Å². The Balaban J connectivity index is 0.909. The maximum absolute atomic E-state index is 14.2. The number of carbonyl (C=O) groups excluding carboxylic acids is 2. The van der Waals surface area contributed by atoms with Crippen molar-refractivity contribution in [2.75, 3.05) is 24.5 Å². The Labute approximate surface area is 333 Å². The third-order valence-corrected chi connectivity index (χ3v) is 13.5. The zero-order valence-electron chi connectivity index (χ0n) is 31.8. The van der Waals surface area contributed by atoms with Crippen LogP contribution in [0.3, 0.4) is 0 Å². The molecule has 0 saturated carbocycles. The van der Waals surface area contributed by atoms with Gasteiger partial charge < -0.3 is 29.9 Å². The molecule has 14 heteroatoms. The van der Waals surface area contributed by atoms with E-state index in [1.54, 1.807) is 34.8 Å². The van der Waals surface area contributed by atoms with Crippen LogP contribution in [0.1, 0.15) is 72.4 Å². The predicted molar refractivity (Wildman–Crippen MR) is 218 cm³/mol. The number of nitrogens with one attached hydrogen (secondary N) is 1. The van der Waals surface area contributed by atoms with Gasteiger partial charge in [0, 0.05) is 54.5 Å². The van der Waals surface area contributed by atoms with Gasteiger partial charge in [0.15, 0.2) is 11.6 Å². The number of likely N-dealkylation sites (tertiary alicyclic amines) is 1. The van der Waals surface area contributed by atoms with Crippen LogP contribution in [0.15, 0.2) is 70.7 Å². The molecule has 2 amide bonds. The fourth-order valence-electron chi connectivity index (χ4n) is 8.07. The second kappa shape index (κ2) is 15.8. The van der Waals surface area contributed by atoms with Gasteiger partial charge in [0.2, 0.25) is 11.8 Å². The van der Waals surface area contributed by atoms with Crippen LogP contribution >= 0.6 is 22.7 Å². The number of aryl methyl sites for hydroxylation is 2. The molecule has 8 rings (SSSR count). The largest absolute Gasteiger partial charge is 0.507 e. The molecule has 2 aliphatic heterocycles. The van der Waals surface area contributed by atoms with E-state index in [-0.39, 0.29) is 36.4 Å². The molecule has 3 N–H and O–H groups in total. The number of thiophene rings is 1. The predicted octanol–water partition coefficient (Wildman–Crippen LogP) is 7.19. The monoisotopic (exact) mass is 791 g/mol. The molecule has 56 heavy (non-hydrogen) atoms. The van der Waals surface area contributed by atoms with Crippen LogP contribution in [-0.2, 0) is 16.1 Å². The van der Waals surface area contributed by atoms with Gasteiger partial charge in [-0.05, 0) is 73.4 Å². The second-order valence-electron chi connectivity index (χ2n) is 15.2. The zero-order chi connectivity index (χ0) is 39.1. The number of amides is 2. The number of hydrogen-bond acceptors (Lipinski definition) is 12. The first-order valence-electron chi connectivity index (χ1n) is 19.1. The number of aliphatic hydroxyl groups excluding tert-OH is 1. The lowest BCUT2D eigenvalue weighted by atomic mass is 9.91. The number of phenols is 1. The number of aromatic hydroxyl groups is 1. The van der Waals surface area contributed by atoms with E-state index in [1.807, 2.05) is 74.8 Å². The summed E-state index contributed by atoms with van der Waals surface area (Å²) in [7, 11) is 0. The average Bonchev–Trinajstić information content (AvgIpc) is 4.01. The topological polar surface area (TPSA) is 158 Å². The maximum atomic E-state index is 14.2. The van der Waals surface area contributed by atoms with Gasteiger partial charge in [-0.25, -0.2) is 4.98 Å². The van der Waals surface area contributed by atoms with Crippen molar-refractivity contribution in [1.29, 1.82) is 0 Å². The average molecular weight is 792 g/mol. The highest BCUT2D eigenvalue weighted by Crippen LogP contribution is 2.42. The second-order valence-corrected chi connectivity index (χ2v) is 17.1. The molecule has 0 unspecified atom stereocenters. The minimum Gasteiger partial charge on any atom is -0.507 e. The number of aliphatic hydroxyl groups is 1. The lowest BCUT2D eigenvalue weighted by Crippen LogP contribution is -2.48. The molecule has 12 nitrogen and oxygen atoms in total. The molecule has 2 saturated heterocycles. The number of anilines is 1. The van der Waals surface area contributed by atoms with Crippen molar-refractivity contribution >= 4 is 50.5 Å². The number of fused-ring (bicyclic) bond motifs is 1. The van der Waals surface area contributed by atoms with Gasteiger partial charge >= 0.3 is 0 Å². The Bertz CT molecular complexity index is 2360. The Morgan fingerprint density at radius 2 is 1.80 bits per heavy atom. The third-order valence-electron chi connectivity index (χ3n) is 11.2. The summed E-state index contributed by atoms with van der Waals surface area (Å²) in [6.45, 7) is 9.97. The first-order chi connectivity index (χ1) is 27.0. The van der Waals surface area contributed by atoms with E-state index in [4.69, 9.17) is 4.52 Å². The van der Waals surface area contributed by atoms with Crippen LogP contribution in [0.4, 0.5) is 5.82 Å². The molecular weight excluding hydrogens is 747 g/mol. The van der Waals surface area contributed by atoms with E-state index in [0.29, 0.717) is 35.3 Å². The van der Waals surface area contributed by atoms with Crippen LogP contribution in [0, 0.1) is 19.8 Å². The number of rotatable bonds is 10. The summed E-state index contributed by atoms with van der Waals surface area (Å²) in [6, 6.07) is 18.3. The molecule has 2 fully saturated rings. The number of phenolic OH excluding ortho intramolecular Hbond substituents is 1. The Morgan fingerprint density at radius 1 is 1.04 bits per heavy atom. The highest BCUT2D eigenvalue weighted by atomic mass is 32.1. The van der Waals surface area contributed by atoms with Gasteiger partial charge in [0.25, 0.3) is 0 Å². The normalized spacial score (nSPS) is 18.2. The molecule has 290 valence electrons. The number of aromatic nitrogens is 4. The number of carbonyl (C=O) groups is 2. The fraction of sp³-hybridized carbons (Fsp3) is 0.381. The van der Waals surface area contributed by atoms with Crippen LogP contribution < -0.4 is 10.2 Å². The number of benzene rings is 2. The SMILES string of the molecule is Cc1ncsc1-c1ccc(CNC(=O)[C@@H]2C[C@@H](O)CN2C(=O)[C@@H](c2cc(N3CCC(c4sc5nnc(-c6ccccc6O)cc5c4C)CC3)no2)C(C)C)cc1. The van der Waals surface area contributed by atoms with E-state index in [0.717, 1.165) is 57.8 Å². The summed E-state index contributed by atoms with van der Waals surface area (Å²) in [4.78, 5) is 39.1. The van der Waals surface area contributed by atoms with Crippen molar-refractivity contribution in [3.8, 4) is 27.4 Å². The molecule has 0 aliphatic carbocycles. The minimum atomic E-state index is -0.799. The van der Waals surface area contributed by atoms with Gasteiger partial charge in [-0.2, -0.15) is 0 Å². The van der Waals surface area contributed by atoms with Gasteiger partial charge in [0.1, 0.15) is 22.5 Å². The van der Waals surface area contributed by atoms with Crippen LogP contribution in [-0.4, -0.2) is 79.0 Å². The van der Waals surface area contributed by atoms with Gasteiger partial charge in [-0.15, -0.1) is 32.9 Å². The molecule has 2 aliphatic rings. The maximum Gasteiger partial charge on any atom is 0.243 e.